The smallest absolute Gasteiger partial charge is 0.338 e. The molecule has 8 bridgehead atoms. The second-order valence-electron chi connectivity index (χ2n) is 14.2. The Bertz CT molecular complexity index is 2940. The summed E-state index contributed by atoms with van der Waals surface area (Å²) in [6, 6.07) is 46.5. The summed E-state index contributed by atoms with van der Waals surface area (Å²) in [6.07, 6.45) is 8.27. The summed E-state index contributed by atoms with van der Waals surface area (Å²) < 4.78 is 10.5. The van der Waals surface area contributed by atoms with Crippen LogP contribution in [-0.2, 0) is 14.3 Å². The lowest BCUT2D eigenvalue weighted by molar-refractivity contribution is -0.140. The molecule has 0 spiro atoms. The maximum Gasteiger partial charge on any atom is 0.338 e. The highest BCUT2D eigenvalue weighted by molar-refractivity contribution is 6.00. The molecule has 59 heavy (non-hydrogen) atoms. The monoisotopic (exact) mass is 770 g/mol. The van der Waals surface area contributed by atoms with Crippen LogP contribution >= 0.6 is 0 Å². The molecule has 0 aliphatic carbocycles. The van der Waals surface area contributed by atoms with Gasteiger partial charge in [0, 0.05) is 49.9 Å². The van der Waals surface area contributed by atoms with E-state index in [1.54, 1.807) is 19.1 Å². The van der Waals surface area contributed by atoms with E-state index in [0.717, 1.165) is 89.4 Å². The van der Waals surface area contributed by atoms with Crippen LogP contribution in [0.25, 0.3) is 90.9 Å². The van der Waals surface area contributed by atoms with Crippen LogP contribution in [0.5, 0.6) is 0 Å². The Balaban J connectivity index is 1.28. The zero-order valence-corrected chi connectivity index (χ0v) is 32.2. The highest BCUT2D eigenvalue weighted by Crippen LogP contribution is 2.38. The number of rotatable bonds is 9. The highest BCUT2D eigenvalue weighted by Gasteiger charge is 2.19. The van der Waals surface area contributed by atoms with E-state index in [9.17, 15) is 9.59 Å². The van der Waals surface area contributed by atoms with Crippen LogP contribution in [0.4, 0.5) is 0 Å². The van der Waals surface area contributed by atoms with E-state index in [2.05, 4.69) is 95.4 Å². The summed E-state index contributed by atoms with van der Waals surface area (Å²) in [7, 11) is 0. The van der Waals surface area contributed by atoms with Crippen molar-refractivity contribution in [2.75, 3.05) is 13.2 Å². The van der Waals surface area contributed by atoms with Crippen molar-refractivity contribution < 1.29 is 19.1 Å². The second-order valence-corrected chi connectivity index (χ2v) is 14.2. The number of carbonyl (C=O) groups excluding carboxylic acids is 2. The summed E-state index contributed by atoms with van der Waals surface area (Å²) in [5.74, 6) is -1.05. The molecule has 0 saturated heterocycles. The van der Waals surface area contributed by atoms with Crippen molar-refractivity contribution in [3.05, 3.63) is 180 Å². The molecule has 0 fully saturated rings. The molecule has 0 atom stereocenters. The molecular formula is C51H38N4O4. The summed E-state index contributed by atoms with van der Waals surface area (Å²) in [6.45, 7) is 5.00. The number of hydrogen-bond acceptors (Lipinski definition) is 6. The molecule has 7 aromatic rings. The first-order valence-corrected chi connectivity index (χ1v) is 19.3. The van der Waals surface area contributed by atoms with Gasteiger partial charge in [-0.2, -0.15) is 0 Å². The van der Waals surface area contributed by atoms with Crippen molar-refractivity contribution in [1.29, 1.82) is 0 Å². The fourth-order valence-electron chi connectivity index (χ4n) is 7.48. The lowest BCUT2D eigenvalue weighted by Crippen LogP contribution is -2.14. The van der Waals surface area contributed by atoms with E-state index in [1.807, 2.05) is 72.8 Å². The Hall–Kier alpha value is -7.84. The maximum absolute atomic E-state index is 13.0. The number of nitrogens with one attached hydrogen (secondary N) is 2. The van der Waals surface area contributed by atoms with Gasteiger partial charge in [0.2, 0.25) is 0 Å². The number of benzene rings is 4. The van der Waals surface area contributed by atoms with E-state index in [-0.39, 0.29) is 18.8 Å². The predicted octanol–water partition coefficient (Wildman–Crippen LogP) is 11.6. The standard InChI is InChI=1S/C51H38N4O4/c1-32(2)50(56)58-30-31-59-51(57)37-20-18-36(19-21-37)49-44-28-26-42(54-44)47(34-14-8-4-9-15-34)40-24-22-38(52-40)46(33-12-6-3-7-13-33)39-23-25-41(53-39)48(35-16-10-5-11-17-35)43-27-29-45(49)55-43/h3-29,52,55H,1,30-31H2,2H3. The molecule has 8 heteroatoms. The molecule has 4 aromatic carbocycles. The Morgan fingerprint density at radius 3 is 1.17 bits per heavy atom. The number of carbonyl (C=O) groups is 2. The minimum Gasteiger partial charge on any atom is -0.459 e. The van der Waals surface area contributed by atoms with E-state index in [0.29, 0.717) is 5.56 Å². The van der Waals surface area contributed by atoms with E-state index < -0.39 is 11.9 Å². The molecule has 2 N–H and O–H groups in total. The van der Waals surface area contributed by atoms with Crippen LogP contribution < -0.4 is 0 Å². The molecule has 3 aromatic heterocycles. The van der Waals surface area contributed by atoms with Gasteiger partial charge in [-0.1, -0.05) is 110 Å². The number of esters is 2. The minimum absolute atomic E-state index is 0.0602. The van der Waals surface area contributed by atoms with Crippen LogP contribution in [-0.4, -0.2) is 45.1 Å². The molecule has 0 radical (unpaired) electrons. The Labute approximate surface area is 340 Å². The van der Waals surface area contributed by atoms with Gasteiger partial charge in [-0.05, 0) is 89.9 Å². The van der Waals surface area contributed by atoms with Crippen LogP contribution in [0.2, 0.25) is 0 Å². The summed E-state index contributed by atoms with van der Waals surface area (Å²) in [5, 5.41) is 0. The average Bonchev–Trinajstić information content (AvgIpc) is 4.12. The predicted molar refractivity (Wildman–Crippen MR) is 237 cm³/mol. The third-order valence-corrected chi connectivity index (χ3v) is 10.2. The summed E-state index contributed by atoms with van der Waals surface area (Å²) >= 11 is 0. The summed E-state index contributed by atoms with van der Waals surface area (Å²) in [5.41, 5.74) is 15.1. The van der Waals surface area contributed by atoms with Crippen LogP contribution in [0.15, 0.2) is 152 Å². The molecule has 286 valence electrons. The number of nitrogens with zero attached hydrogens (tertiary/aromatic N) is 2. The number of fused-ring (bicyclic) bond motifs is 8. The molecule has 8 nitrogen and oxygen atoms in total. The maximum atomic E-state index is 13.0. The topological polar surface area (TPSA) is 110 Å². The lowest BCUT2D eigenvalue weighted by atomic mass is 10.0. The average molecular weight is 771 g/mol. The largest absolute Gasteiger partial charge is 0.459 e. The summed E-state index contributed by atoms with van der Waals surface area (Å²) in [4.78, 5) is 42.9. The SMILES string of the molecule is C=C(C)C(=O)OCCOC(=O)c1ccc(-c2c3nc(c(-c4ccccc4)c4ccc([nH]4)c(-c4ccccc4)c4nc(c(-c5ccccc5)c5ccc2[nH]5)C=C4)C=C3)cc1. The van der Waals surface area contributed by atoms with Crippen LogP contribution in [0.3, 0.4) is 0 Å². The normalized spacial score (nSPS) is 11.7. The zero-order chi connectivity index (χ0) is 40.3. The van der Waals surface area contributed by atoms with Crippen LogP contribution in [0, 0.1) is 0 Å². The number of aromatic nitrogens is 4. The molecule has 2 aliphatic rings. The molecule has 2 aliphatic heterocycles. The van der Waals surface area contributed by atoms with Crippen molar-refractivity contribution in [3.8, 4) is 44.5 Å². The quantitative estimate of drug-likeness (QED) is 0.0859. The van der Waals surface area contributed by atoms with Crippen molar-refractivity contribution in [2.24, 2.45) is 0 Å². The van der Waals surface area contributed by atoms with Crippen LogP contribution in [0.1, 0.15) is 40.1 Å². The van der Waals surface area contributed by atoms with Gasteiger partial charge in [0.15, 0.2) is 0 Å². The van der Waals surface area contributed by atoms with E-state index >= 15 is 0 Å². The van der Waals surface area contributed by atoms with Gasteiger partial charge in [-0.25, -0.2) is 19.6 Å². The van der Waals surface area contributed by atoms with Gasteiger partial charge in [-0.3, -0.25) is 0 Å². The number of H-pyrrole nitrogens is 2. The van der Waals surface area contributed by atoms with Crippen molar-refractivity contribution in [3.63, 3.8) is 0 Å². The molecule has 0 amide bonds. The van der Waals surface area contributed by atoms with Gasteiger partial charge in [0.25, 0.3) is 0 Å². The number of aromatic amines is 2. The molecular weight excluding hydrogens is 733 g/mol. The zero-order valence-electron chi connectivity index (χ0n) is 32.2. The molecule has 0 saturated carbocycles. The lowest BCUT2D eigenvalue weighted by Gasteiger charge is -2.08. The van der Waals surface area contributed by atoms with Gasteiger partial charge >= 0.3 is 11.9 Å². The van der Waals surface area contributed by atoms with Gasteiger partial charge in [0.05, 0.1) is 28.3 Å². The van der Waals surface area contributed by atoms with Gasteiger partial charge in [-0.15, -0.1) is 0 Å². The highest BCUT2D eigenvalue weighted by atomic mass is 16.6. The fraction of sp³-hybridized carbons (Fsp3) is 0.0588. The first-order valence-electron chi connectivity index (χ1n) is 19.3. The third kappa shape index (κ3) is 7.43. The molecule has 9 rings (SSSR count). The van der Waals surface area contributed by atoms with Crippen molar-refractivity contribution >= 4 is 58.3 Å². The molecule has 0 unspecified atom stereocenters. The first-order chi connectivity index (χ1) is 28.9. The second kappa shape index (κ2) is 16.0. The third-order valence-electron chi connectivity index (χ3n) is 10.2. The Morgan fingerprint density at radius 1 is 0.475 bits per heavy atom. The van der Waals surface area contributed by atoms with Crippen molar-refractivity contribution in [1.82, 2.24) is 19.9 Å². The first kappa shape index (κ1) is 36.8. The minimum atomic E-state index is -0.528. The fourth-order valence-corrected chi connectivity index (χ4v) is 7.48. The Morgan fingerprint density at radius 2 is 0.814 bits per heavy atom. The Kier molecular flexibility index (Phi) is 9.95. The number of hydrogen-bond donors (Lipinski definition) is 2. The van der Waals surface area contributed by atoms with E-state index in [4.69, 9.17) is 19.4 Å². The van der Waals surface area contributed by atoms with Crippen molar-refractivity contribution in [2.45, 2.75) is 6.92 Å². The number of ether oxygens (including phenoxy) is 2. The molecule has 5 heterocycles. The van der Waals surface area contributed by atoms with E-state index in [1.165, 1.54) is 0 Å². The van der Waals surface area contributed by atoms with Gasteiger partial charge < -0.3 is 19.4 Å². The van der Waals surface area contributed by atoms with Gasteiger partial charge in [0.1, 0.15) is 13.2 Å².